The first-order valence-corrected chi connectivity index (χ1v) is 7.97. The summed E-state index contributed by atoms with van der Waals surface area (Å²) in [6, 6.07) is 9.59. The van der Waals surface area contributed by atoms with Crippen molar-refractivity contribution in [3.8, 4) is 10.6 Å². The fourth-order valence-electron chi connectivity index (χ4n) is 1.90. The summed E-state index contributed by atoms with van der Waals surface area (Å²) in [6.45, 7) is 4.13. The van der Waals surface area contributed by atoms with E-state index in [1.807, 2.05) is 37.3 Å². The lowest BCUT2D eigenvalue weighted by Gasteiger charge is -2.23. The maximum Gasteiger partial charge on any atom is 0.317 e. The van der Waals surface area contributed by atoms with Crippen molar-refractivity contribution >= 4 is 17.4 Å². The number of aromatic nitrogens is 1. The summed E-state index contributed by atoms with van der Waals surface area (Å²) in [4.78, 5) is 19.1. The minimum atomic E-state index is -0.206. The van der Waals surface area contributed by atoms with Crippen molar-refractivity contribution in [3.63, 3.8) is 0 Å². The molecule has 2 aromatic rings. The molecular weight excluding hydrogens is 298 g/mol. The summed E-state index contributed by atoms with van der Waals surface area (Å²) in [5.74, 6) is 0. The SMILES string of the molecule is Cc1nc(-c2ccccc2)sc1CNC(=O)N(C)C(C)CO. The van der Waals surface area contributed by atoms with Crippen LogP contribution in [0.5, 0.6) is 0 Å². The lowest BCUT2D eigenvalue weighted by Crippen LogP contribution is -2.43. The van der Waals surface area contributed by atoms with Crippen LogP contribution in [0.4, 0.5) is 4.79 Å². The van der Waals surface area contributed by atoms with Gasteiger partial charge < -0.3 is 15.3 Å². The number of hydrogen-bond acceptors (Lipinski definition) is 4. The molecular formula is C16H21N3O2S. The largest absolute Gasteiger partial charge is 0.394 e. The van der Waals surface area contributed by atoms with Gasteiger partial charge in [0.25, 0.3) is 0 Å². The molecule has 5 nitrogen and oxygen atoms in total. The Morgan fingerprint density at radius 2 is 2.09 bits per heavy atom. The maximum absolute atomic E-state index is 12.0. The summed E-state index contributed by atoms with van der Waals surface area (Å²) in [7, 11) is 1.67. The molecule has 0 saturated carbocycles. The zero-order chi connectivity index (χ0) is 16.1. The van der Waals surface area contributed by atoms with Crippen LogP contribution in [0, 0.1) is 6.92 Å². The van der Waals surface area contributed by atoms with Gasteiger partial charge in [0.1, 0.15) is 5.01 Å². The molecule has 0 radical (unpaired) electrons. The first kappa shape index (κ1) is 16.5. The number of benzene rings is 1. The molecule has 22 heavy (non-hydrogen) atoms. The standard InChI is InChI=1S/C16H21N3O2S/c1-11(10-20)19(3)16(21)17-9-14-12(2)18-15(22-14)13-7-5-4-6-8-13/h4-8,11,20H,9-10H2,1-3H3,(H,17,21). The van der Waals surface area contributed by atoms with Crippen molar-refractivity contribution in [2.75, 3.05) is 13.7 Å². The van der Waals surface area contributed by atoms with Crippen LogP contribution in [-0.2, 0) is 6.54 Å². The highest BCUT2D eigenvalue weighted by molar-refractivity contribution is 7.15. The highest BCUT2D eigenvalue weighted by atomic mass is 32.1. The smallest absolute Gasteiger partial charge is 0.317 e. The highest BCUT2D eigenvalue weighted by Gasteiger charge is 2.16. The molecule has 0 spiro atoms. The quantitative estimate of drug-likeness (QED) is 0.890. The number of urea groups is 1. The van der Waals surface area contributed by atoms with Crippen molar-refractivity contribution in [2.24, 2.45) is 0 Å². The molecule has 2 N–H and O–H groups in total. The molecule has 1 aromatic heterocycles. The maximum atomic E-state index is 12.0. The number of nitrogens with zero attached hydrogens (tertiary/aromatic N) is 2. The molecule has 2 amide bonds. The number of aryl methyl sites for hydroxylation is 1. The van der Waals surface area contributed by atoms with E-state index in [9.17, 15) is 4.79 Å². The molecule has 0 aliphatic heterocycles. The first-order valence-electron chi connectivity index (χ1n) is 7.16. The van der Waals surface area contributed by atoms with Crippen LogP contribution in [0.25, 0.3) is 10.6 Å². The second-order valence-corrected chi connectivity index (χ2v) is 6.28. The van der Waals surface area contributed by atoms with Crippen LogP contribution in [0.3, 0.4) is 0 Å². The fourth-order valence-corrected chi connectivity index (χ4v) is 2.91. The number of amides is 2. The van der Waals surface area contributed by atoms with Crippen LogP contribution in [0.2, 0.25) is 0 Å². The molecule has 0 aliphatic rings. The molecule has 0 saturated heterocycles. The third kappa shape index (κ3) is 3.84. The molecule has 6 heteroatoms. The number of nitrogens with one attached hydrogen (secondary N) is 1. The predicted molar refractivity (Wildman–Crippen MR) is 88.8 cm³/mol. The van der Waals surface area contributed by atoms with Gasteiger partial charge in [-0.15, -0.1) is 11.3 Å². The molecule has 0 bridgehead atoms. The van der Waals surface area contributed by atoms with Gasteiger partial charge in [0, 0.05) is 17.5 Å². The topological polar surface area (TPSA) is 65.5 Å². The monoisotopic (exact) mass is 319 g/mol. The van der Waals surface area contributed by atoms with E-state index in [1.54, 1.807) is 25.3 Å². The number of carbonyl (C=O) groups is 1. The average Bonchev–Trinajstić information content (AvgIpc) is 2.93. The molecule has 0 fully saturated rings. The molecule has 1 aromatic carbocycles. The van der Waals surface area contributed by atoms with Gasteiger partial charge in [0.15, 0.2) is 0 Å². The second kappa shape index (κ2) is 7.38. The number of hydrogen-bond donors (Lipinski definition) is 2. The molecule has 1 heterocycles. The fraction of sp³-hybridized carbons (Fsp3) is 0.375. The summed E-state index contributed by atoms with van der Waals surface area (Å²) in [5.41, 5.74) is 2.02. The molecule has 2 rings (SSSR count). The minimum Gasteiger partial charge on any atom is -0.394 e. The third-order valence-electron chi connectivity index (χ3n) is 3.56. The van der Waals surface area contributed by atoms with Crippen molar-refractivity contribution in [3.05, 3.63) is 40.9 Å². The van der Waals surface area contributed by atoms with Crippen molar-refractivity contribution < 1.29 is 9.90 Å². The van der Waals surface area contributed by atoms with Gasteiger partial charge in [0.2, 0.25) is 0 Å². The van der Waals surface area contributed by atoms with E-state index < -0.39 is 0 Å². The Bertz CT molecular complexity index is 628. The Kier molecular flexibility index (Phi) is 5.51. The van der Waals surface area contributed by atoms with Crippen molar-refractivity contribution in [2.45, 2.75) is 26.4 Å². The number of aliphatic hydroxyl groups is 1. The number of likely N-dealkylation sites (N-methyl/N-ethyl adjacent to an activating group) is 1. The van der Waals surface area contributed by atoms with Gasteiger partial charge >= 0.3 is 6.03 Å². The van der Waals surface area contributed by atoms with Crippen LogP contribution >= 0.6 is 11.3 Å². The van der Waals surface area contributed by atoms with E-state index >= 15 is 0 Å². The van der Waals surface area contributed by atoms with Crippen LogP contribution in [0.15, 0.2) is 30.3 Å². The Labute approximate surface area is 134 Å². The van der Waals surface area contributed by atoms with E-state index in [-0.39, 0.29) is 18.7 Å². The molecule has 1 atom stereocenters. The number of rotatable bonds is 5. The van der Waals surface area contributed by atoms with E-state index in [1.165, 1.54) is 4.90 Å². The Hall–Kier alpha value is -1.92. The van der Waals surface area contributed by atoms with E-state index in [2.05, 4.69) is 10.3 Å². The van der Waals surface area contributed by atoms with Gasteiger partial charge in [-0.3, -0.25) is 0 Å². The van der Waals surface area contributed by atoms with Crippen LogP contribution < -0.4 is 5.32 Å². The highest BCUT2D eigenvalue weighted by Crippen LogP contribution is 2.27. The minimum absolute atomic E-state index is 0.0539. The predicted octanol–water partition coefficient (Wildman–Crippen LogP) is 2.64. The summed E-state index contributed by atoms with van der Waals surface area (Å²) in [6.07, 6.45) is 0. The molecule has 0 aliphatic carbocycles. The van der Waals surface area contributed by atoms with Crippen molar-refractivity contribution in [1.82, 2.24) is 15.2 Å². The third-order valence-corrected chi connectivity index (χ3v) is 4.77. The van der Waals surface area contributed by atoms with E-state index in [0.29, 0.717) is 6.54 Å². The van der Waals surface area contributed by atoms with E-state index in [0.717, 1.165) is 21.1 Å². The van der Waals surface area contributed by atoms with Crippen molar-refractivity contribution in [1.29, 1.82) is 0 Å². The Balaban J connectivity index is 2.02. The second-order valence-electron chi connectivity index (χ2n) is 5.19. The summed E-state index contributed by atoms with van der Waals surface area (Å²) < 4.78 is 0. The van der Waals surface area contributed by atoms with Gasteiger partial charge in [-0.2, -0.15) is 0 Å². The first-order chi connectivity index (χ1) is 10.5. The summed E-state index contributed by atoms with van der Waals surface area (Å²) >= 11 is 1.59. The number of aliphatic hydroxyl groups excluding tert-OH is 1. The average molecular weight is 319 g/mol. The van der Waals surface area contributed by atoms with Gasteiger partial charge in [-0.1, -0.05) is 30.3 Å². The molecule has 118 valence electrons. The molecule has 1 unspecified atom stereocenters. The van der Waals surface area contributed by atoms with Crippen LogP contribution in [-0.4, -0.2) is 40.7 Å². The lowest BCUT2D eigenvalue weighted by molar-refractivity contribution is 0.157. The van der Waals surface area contributed by atoms with Gasteiger partial charge in [-0.05, 0) is 13.8 Å². The normalized spacial score (nSPS) is 12.0. The zero-order valence-corrected chi connectivity index (χ0v) is 13.9. The van der Waals surface area contributed by atoms with Gasteiger partial charge in [-0.25, -0.2) is 9.78 Å². The summed E-state index contributed by atoms with van der Waals surface area (Å²) in [5, 5.41) is 12.9. The van der Waals surface area contributed by atoms with Crippen LogP contribution in [0.1, 0.15) is 17.5 Å². The Morgan fingerprint density at radius 3 is 2.73 bits per heavy atom. The number of carbonyl (C=O) groups excluding carboxylic acids is 1. The lowest BCUT2D eigenvalue weighted by atomic mass is 10.2. The zero-order valence-electron chi connectivity index (χ0n) is 13.0. The van der Waals surface area contributed by atoms with Gasteiger partial charge in [0.05, 0.1) is 24.9 Å². The number of thiazole rings is 1. The Morgan fingerprint density at radius 1 is 1.41 bits per heavy atom. The van der Waals surface area contributed by atoms with E-state index in [4.69, 9.17) is 5.11 Å².